The van der Waals surface area contributed by atoms with E-state index in [1.807, 2.05) is 12.1 Å². The summed E-state index contributed by atoms with van der Waals surface area (Å²) in [7, 11) is 0. The molecule has 0 bridgehead atoms. The third-order valence-electron chi connectivity index (χ3n) is 4.79. The molecule has 4 heteroatoms. The predicted molar refractivity (Wildman–Crippen MR) is 90.2 cm³/mol. The lowest BCUT2D eigenvalue weighted by molar-refractivity contribution is 0.154. The average molecular weight is 327 g/mol. The maximum Gasteiger partial charge on any atom is 0.0468 e. The number of benzene rings is 1. The van der Waals surface area contributed by atoms with Gasteiger partial charge in [0.15, 0.2) is 0 Å². The fraction of sp³-hybridized carbons (Fsp3) is 0.647. The Morgan fingerprint density at radius 1 is 1.29 bits per heavy atom. The second-order valence-corrected chi connectivity index (χ2v) is 7.33. The zero-order valence-electron chi connectivity index (χ0n) is 12.6. The van der Waals surface area contributed by atoms with Gasteiger partial charge in [0, 0.05) is 28.7 Å². The van der Waals surface area contributed by atoms with Gasteiger partial charge in [-0.05, 0) is 69.3 Å². The molecule has 1 saturated heterocycles. The van der Waals surface area contributed by atoms with Crippen LogP contribution in [0, 0.1) is 5.92 Å². The van der Waals surface area contributed by atoms with Crippen molar-refractivity contribution in [1.29, 1.82) is 0 Å². The Balaban J connectivity index is 1.73. The van der Waals surface area contributed by atoms with Crippen LogP contribution in [0.3, 0.4) is 0 Å². The summed E-state index contributed by atoms with van der Waals surface area (Å²) in [5.74, 6) is 0.771. The lowest BCUT2D eigenvalue weighted by Gasteiger charge is -2.35. The summed E-state index contributed by atoms with van der Waals surface area (Å²) in [5, 5.41) is 5.03. The zero-order valence-corrected chi connectivity index (χ0v) is 14.1. The highest BCUT2D eigenvalue weighted by atomic mass is 35.5. The molecule has 0 radical (unpaired) electrons. The Kier molecular flexibility index (Phi) is 5.11. The van der Waals surface area contributed by atoms with E-state index < -0.39 is 0 Å². The van der Waals surface area contributed by atoms with Gasteiger partial charge in [-0.3, -0.25) is 4.90 Å². The summed E-state index contributed by atoms with van der Waals surface area (Å²) in [5.41, 5.74) is 1.21. The smallest absolute Gasteiger partial charge is 0.0468 e. The first-order valence-corrected chi connectivity index (χ1v) is 8.82. The lowest BCUT2D eigenvalue weighted by atomic mass is 9.97. The summed E-state index contributed by atoms with van der Waals surface area (Å²) in [6.07, 6.45) is 5.31. The van der Waals surface area contributed by atoms with Crippen molar-refractivity contribution in [3.05, 3.63) is 33.8 Å². The van der Waals surface area contributed by atoms with Crippen LogP contribution in [0.2, 0.25) is 10.0 Å². The largest absolute Gasteiger partial charge is 0.316 e. The highest BCUT2D eigenvalue weighted by Gasteiger charge is 2.34. The summed E-state index contributed by atoms with van der Waals surface area (Å²) in [4.78, 5) is 2.66. The molecule has 0 spiro atoms. The molecule has 1 aliphatic carbocycles. The molecule has 0 aromatic heterocycles. The third-order valence-corrected chi connectivity index (χ3v) is 5.36. The van der Waals surface area contributed by atoms with Crippen LogP contribution in [-0.4, -0.2) is 30.6 Å². The fourth-order valence-electron chi connectivity index (χ4n) is 3.43. The minimum absolute atomic E-state index is 0.365. The van der Waals surface area contributed by atoms with Gasteiger partial charge in [0.2, 0.25) is 0 Å². The molecule has 2 nitrogen and oxygen atoms in total. The van der Waals surface area contributed by atoms with Crippen LogP contribution in [0.15, 0.2) is 18.2 Å². The molecule has 3 rings (SSSR count). The van der Waals surface area contributed by atoms with Crippen LogP contribution in [0.4, 0.5) is 0 Å². The van der Waals surface area contributed by atoms with Gasteiger partial charge >= 0.3 is 0 Å². The molecule has 2 fully saturated rings. The first-order valence-electron chi connectivity index (χ1n) is 8.06. The topological polar surface area (TPSA) is 15.3 Å². The Bertz CT molecular complexity index is 482. The van der Waals surface area contributed by atoms with E-state index in [0.29, 0.717) is 11.1 Å². The highest BCUT2D eigenvalue weighted by molar-refractivity contribution is 6.35. The number of rotatable bonds is 5. The Labute approximate surface area is 137 Å². The van der Waals surface area contributed by atoms with Crippen molar-refractivity contribution in [3.8, 4) is 0 Å². The molecule has 116 valence electrons. The standard InChI is InChI=1S/C17H24Cl2N2/c1-12(16-7-4-14(18)9-17(16)19)21(15-5-6-15)11-13-3-2-8-20-10-13/h4,7,9,12-13,15,20H,2-3,5-6,8,10-11H2,1H3. The molecular weight excluding hydrogens is 303 g/mol. The molecule has 21 heavy (non-hydrogen) atoms. The van der Waals surface area contributed by atoms with Crippen LogP contribution in [-0.2, 0) is 0 Å². The predicted octanol–water partition coefficient (Wildman–Crippen LogP) is 4.52. The molecule has 2 atom stereocenters. The summed E-state index contributed by atoms with van der Waals surface area (Å²) >= 11 is 12.4. The van der Waals surface area contributed by atoms with Crippen LogP contribution in [0.1, 0.15) is 44.2 Å². The second-order valence-electron chi connectivity index (χ2n) is 6.48. The van der Waals surface area contributed by atoms with E-state index in [1.54, 1.807) is 0 Å². The molecule has 1 saturated carbocycles. The minimum Gasteiger partial charge on any atom is -0.316 e. The van der Waals surface area contributed by atoms with Gasteiger partial charge in [0.05, 0.1) is 0 Å². The van der Waals surface area contributed by atoms with Crippen molar-refractivity contribution in [2.75, 3.05) is 19.6 Å². The Morgan fingerprint density at radius 2 is 2.10 bits per heavy atom. The average Bonchev–Trinajstić information content (AvgIpc) is 3.30. The second kappa shape index (κ2) is 6.87. The minimum atomic E-state index is 0.365. The first-order chi connectivity index (χ1) is 10.1. The molecule has 2 unspecified atom stereocenters. The van der Waals surface area contributed by atoms with Gasteiger partial charge in [0.1, 0.15) is 0 Å². The van der Waals surface area contributed by atoms with Crippen molar-refractivity contribution in [2.24, 2.45) is 5.92 Å². The third kappa shape index (κ3) is 3.92. The van der Waals surface area contributed by atoms with Gasteiger partial charge in [-0.2, -0.15) is 0 Å². The van der Waals surface area contributed by atoms with Crippen LogP contribution in [0.25, 0.3) is 0 Å². The van der Waals surface area contributed by atoms with Crippen molar-refractivity contribution in [2.45, 2.75) is 44.7 Å². The number of hydrogen-bond acceptors (Lipinski definition) is 2. The van der Waals surface area contributed by atoms with Gasteiger partial charge in [-0.1, -0.05) is 29.3 Å². The molecule has 1 aromatic carbocycles. The van der Waals surface area contributed by atoms with E-state index in [1.165, 1.54) is 44.3 Å². The summed E-state index contributed by atoms with van der Waals surface area (Å²) in [6.45, 7) is 5.80. The Hall–Kier alpha value is -0.280. The molecule has 2 aliphatic rings. The number of piperidine rings is 1. The molecule has 1 N–H and O–H groups in total. The van der Waals surface area contributed by atoms with E-state index in [-0.39, 0.29) is 0 Å². The van der Waals surface area contributed by atoms with Gasteiger partial charge in [0.25, 0.3) is 0 Å². The zero-order chi connectivity index (χ0) is 14.8. The van der Waals surface area contributed by atoms with Crippen molar-refractivity contribution >= 4 is 23.2 Å². The lowest BCUT2D eigenvalue weighted by Crippen LogP contribution is -2.40. The van der Waals surface area contributed by atoms with Crippen LogP contribution < -0.4 is 5.32 Å². The monoisotopic (exact) mass is 326 g/mol. The molecule has 1 aliphatic heterocycles. The highest BCUT2D eigenvalue weighted by Crippen LogP contribution is 2.38. The SMILES string of the molecule is CC(c1ccc(Cl)cc1Cl)N(CC1CCCNC1)C1CC1. The Morgan fingerprint density at radius 3 is 2.71 bits per heavy atom. The molecule has 0 amide bonds. The van der Waals surface area contributed by atoms with E-state index in [4.69, 9.17) is 23.2 Å². The summed E-state index contributed by atoms with van der Waals surface area (Å²) in [6, 6.07) is 7.01. The van der Waals surface area contributed by atoms with E-state index in [9.17, 15) is 0 Å². The van der Waals surface area contributed by atoms with E-state index >= 15 is 0 Å². The summed E-state index contributed by atoms with van der Waals surface area (Å²) < 4.78 is 0. The maximum atomic E-state index is 6.41. The maximum absolute atomic E-state index is 6.41. The van der Waals surface area contributed by atoms with Crippen LogP contribution in [0.5, 0.6) is 0 Å². The van der Waals surface area contributed by atoms with Crippen molar-refractivity contribution in [3.63, 3.8) is 0 Å². The van der Waals surface area contributed by atoms with Crippen LogP contribution >= 0.6 is 23.2 Å². The van der Waals surface area contributed by atoms with Crippen molar-refractivity contribution in [1.82, 2.24) is 10.2 Å². The number of nitrogens with zero attached hydrogens (tertiary/aromatic N) is 1. The molecule has 1 aromatic rings. The number of nitrogens with one attached hydrogen (secondary N) is 1. The molecular formula is C17H24Cl2N2. The fourth-order valence-corrected chi connectivity index (χ4v) is 3.99. The quantitative estimate of drug-likeness (QED) is 0.855. The normalized spacial score (nSPS) is 24.3. The number of halogens is 2. The number of hydrogen-bond donors (Lipinski definition) is 1. The van der Waals surface area contributed by atoms with E-state index in [2.05, 4.69) is 23.2 Å². The first kappa shape index (κ1) is 15.6. The van der Waals surface area contributed by atoms with Gasteiger partial charge < -0.3 is 5.32 Å². The van der Waals surface area contributed by atoms with Gasteiger partial charge in [-0.15, -0.1) is 0 Å². The van der Waals surface area contributed by atoms with E-state index in [0.717, 1.165) is 23.5 Å². The van der Waals surface area contributed by atoms with Crippen molar-refractivity contribution < 1.29 is 0 Å². The molecule has 1 heterocycles. The van der Waals surface area contributed by atoms with Gasteiger partial charge in [-0.25, -0.2) is 0 Å².